The molecule has 164 valence electrons. The molecule has 1 aliphatic heterocycles. The quantitative estimate of drug-likeness (QED) is 0.416. The zero-order chi connectivity index (χ0) is 21.9. The van der Waals surface area contributed by atoms with Gasteiger partial charge in [0, 0.05) is 29.6 Å². The molecule has 4 aromatic rings. The van der Waals surface area contributed by atoms with Crippen LogP contribution in [0.3, 0.4) is 0 Å². The van der Waals surface area contributed by atoms with Crippen LogP contribution < -0.4 is 20.1 Å². The zero-order valence-corrected chi connectivity index (χ0v) is 18.2. The summed E-state index contributed by atoms with van der Waals surface area (Å²) in [5.41, 5.74) is 2.06. The molecule has 0 N–H and O–H groups in total. The van der Waals surface area contributed by atoms with Gasteiger partial charge in [-0.3, -0.25) is 9.36 Å². The third-order valence-corrected chi connectivity index (χ3v) is 6.24. The maximum atomic E-state index is 13.3. The van der Waals surface area contributed by atoms with Crippen molar-refractivity contribution in [2.24, 2.45) is 0 Å². The Bertz CT molecular complexity index is 1290. The number of benzene rings is 2. The summed E-state index contributed by atoms with van der Waals surface area (Å²) in [7, 11) is 0. The van der Waals surface area contributed by atoms with Crippen LogP contribution >= 0.6 is 11.3 Å². The highest BCUT2D eigenvalue weighted by molar-refractivity contribution is 7.09. The summed E-state index contributed by atoms with van der Waals surface area (Å²) in [6.45, 7) is 1.90. The van der Waals surface area contributed by atoms with Gasteiger partial charge in [0.05, 0.1) is 12.1 Å². The molecule has 2 aromatic carbocycles. The van der Waals surface area contributed by atoms with Gasteiger partial charge in [-0.2, -0.15) is 0 Å². The van der Waals surface area contributed by atoms with E-state index in [-0.39, 0.29) is 5.91 Å². The van der Waals surface area contributed by atoms with Crippen LogP contribution in [-0.2, 0) is 17.9 Å². The van der Waals surface area contributed by atoms with E-state index < -0.39 is 5.76 Å². The molecule has 2 aromatic heterocycles. The SMILES string of the molecule is O=C(CCCn1c(=O)oc2ccccc21)N(Cc1cccs1)c1ccc2c(c1)OCCO2. The Morgan fingerprint density at radius 2 is 1.88 bits per heavy atom. The number of hydrogen-bond donors (Lipinski definition) is 0. The molecule has 0 saturated carbocycles. The van der Waals surface area contributed by atoms with Crippen molar-refractivity contribution in [2.75, 3.05) is 18.1 Å². The van der Waals surface area contributed by atoms with Gasteiger partial charge in [-0.05, 0) is 42.1 Å². The van der Waals surface area contributed by atoms with E-state index in [1.807, 2.05) is 53.9 Å². The van der Waals surface area contributed by atoms with Crippen LogP contribution in [0, 0.1) is 0 Å². The zero-order valence-electron chi connectivity index (χ0n) is 17.4. The average molecular weight is 451 g/mol. The average Bonchev–Trinajstić information content (AvgIpc) is 3.44. The van der Waals surface area contributed by atoms with Crippen molar-refractivity contribution in [1.29, 1.82) is 0 Å². The molecule has 0 radical (unpaired) electrons. The summed E-state index contributed by atoms with van der Waals surface area (Å²) < 4.78 is 18.2. The predicted molar refractivity (Wildman–Crippen MR) is 123 cm³/mol. The van der Waals surface area contributed by atoms with Crippen molar-refractivity contribution >= 4 is 34.0 Å². The summed E-state index contributed by atoms with van der Waals surface area (Å²) in [5, 5.41) is 2.00. The number of oxazole rings is 1. The molecule has 0 atom stereocenters. The fraction of sp³-hybridized carbons (Fsp3) is 0.250. The van der Waals surface area contributed by atoms with Gasteiger partial charge in [0.1, 0.15) is 13.2 Å². The van der Waals surface area contributed by atoms with Crippen molar-refractivity contribution in [3.63, 3.8) is 0 Å². The minimum atomic E-state index is -0.402. The molecule has 0 bridgehead atoms. The number of thiophene rings is 1. The minimum Gasteiger partial charge on any atom is -0.486 e. The van der Waals surface area contributed by atoms with Crippen LogP contribution in [0.15, 0.2) is 69.2 Å². The minimum absolute atomic E-state index is 0.0177. The van der Waals surface area contributed by atoms with E-state index in [1.165, 1.54) is 0 Å². The topological polar surface area (TPSA) is 73.9 Å². The highest BCUT2D eigenvalue weighted by Crippen LogP contribution is 2.35. The molecule has 0 unspecified atom stereocenters. The number of rotatable bonds is 7. The van der Waals surface area contributed by atoms with Gasteiger partial charge in [0.2, 0.25) is 5.91 Å². The monoisotopic (exact) mass is 450 g/mol. The lowest BCUT2D eigenvalue weighted by Crippen LogP contribution is -2.30. The second-order valence-electron chi connectivity index (χ2n) is 7.48. The highest BCUT2D eigenvalue weighted by Gasteiger charge is 2.20. The van der Waals surface area contributed by atoms with Gasteiger partial charge in [-0.15, -0.1) is 11.3 Å². The number of para-hydroxylation sites is 2. The van der Waals surface area contributed by atoms with E-state index >= 15 is 0 Å². The van der Waals surface area contributed by atoms with E-state index in [9.17, 15) is 9.59 Å². The van der Waals surface area contributed by atoms with Crippen molar-refractivity contribution < 1.29 is 18.7 Å². The third-order valence-electron chi connectivity index (χ3n) is 5.38. The number of carbonyl (C=O) groups excluding carboxylic acids is 1. The van der Waals surface area contributed by atoms with Crippen molar-refractivity contribution in [2.45, 2.75) is 25.9 Å². The Kier molecular flexibility index (Phi) is 5.68. The number of aromatic nitrogens is 1. The molecule has 0 spiro atoms. The molecular weight excluding hydrogens is 428 g/mol. The summed E-state index contributed by atoms with van der Waals surface area (Å²) in [6.07, 6.45) is 0.819. The maximum Gasteiger partial charge on any atom is 0.419 e. The van der Waals surface area contributed by atoms with Crippen LogP contribution in [0.4, 0.5) is 5.69 Å². The molecule has 5 rings (SSSR count). The molecule has 8 heteroatoms. The van der Waals surface area contributed by atoms with Gasteiger partial charge < -0.3 is 18.8 Å². The second kappa shape index (κ2) is 8.92. The number of fused-ring (bicyclic) bond motifs is 2. The molecule has 32 heavy (non-hydrogen) atoms. The molecule has 0 fully saturated rings. The van der Waals surface area contributed by atoms with Crippen LogP contribution in [0.25, 0.3) is 11.1 Å². The fourth-order valence-corrected chi connectivity index (χ4v) is 4.52. The van der Waals surface area contributed by atoms with Crippen molar-refractivity contribution in [3.8, 4) is 11.5 Å². The first-order valence-electron chi connectivity index (χ1n) is 10.5. The van der Waals surface area contributed by atoms with Crippen LogP contribution in [-0.4, -0.2) is 23.7 Å². The number of amides is 1. The molecule has 0 saturated heterocycles. The van der Waals surface area contributed by atoms with Crippen molar-refractivity contribution in [1.82, 2.24) is 4.57 Å². The Balaban J connectivity index is 1.34. The summed E-state index contributed by atoms with van der Waals surface area (Å²) in [6, 6.07) is 16.9. The first kappa shape index (κ1) is 20.4. The Morgan fingerprint density at radius 3 is 2.72 bits per heavy atom. The lowest BCUT2D eigenvalue weighted by Gasteiger charge is -2.25. The lowest BCUT2D eigenvalue weighted by molar-refractivity contribution is -0.118. The normalized spacial score (nSPS) is 12.8. The van der Waals surface area contributed by atoms with E-state index in [0.717, 1.165) is 16.1 Å². The highest BCUT2D eigenvalue weighted by atomic mass is 32.1. The van der Waals surface area contributed by atoms with Gasteiger partial charge in [-0.25, -0.2) is 4.79 Å². The van der Waals surface area contributed by atoms with Gasteiger partial charge in [0.15, 0.2) is 17.1 Å². The number of nitrogens with zero attached hydrogens (tertiary/aromatic N) is 2. The molecule has 1 amide bonds. The van der Waals surface area contributed by atoms with Crippen molar-refractivity contribution in [3.05, 3.63) is 75.4 Å². The van der Waals surface area contributed by atoms with Crippen LogP contribution in [0.2, 0.25) is 0 Å². The molecule has 7 nitrogen and oxygen atoms in total. The molecule has 3 heterocycles. The Labute approximate surface area is 188 Å². The molecule has 0 aliphatic carbocycles. The summed E-state index contributed by atoms with van der Waals surface area (Å²) in [5.74, 6) is 0.917. The standard InChI is InChI=1S/C24H22N2O5S/c27-23(8-3-11-25-19-6-1-2-7-20(19)31-24(25)28)26(16-18-5-4-14-32-18)17-9-10-21-22(15-17)30-13-12-29-21/h1-2,4-7,9-10,14-15H,3,8,11-13,16H2. The van der Waals surface area contributed by atoms with E-state index in [4.69, 9.17) is 13.9 Å². The Hall–Kier alpha value is -3.52. The largest absolute Gasteiger partial charge is 0.486 e. The number of anilines is 1. The number of hydrogen-bond acceptors (Lipinski definition) is 6. The van der Waals surface area contributed by atoms with E-state index in [2.05, 4.69) is 0 Å². The van der Waals surface area contributed by atoms with Crippen LogP contribution in [0.5, 0.6) is 11.5 Å². The summed E-state index contributed by atoms with van der Waals surface area (Å²) >= 11 is 1.61. The first-order valence-corrected chi connectivity index (χ1v) is 11.4. The third kappa shape index (κ3) is 4.13. The van der Waals surface area contributed by atoms with Gasteiger partial charge in [-0.1, -0.05) is 18.2 Å². The van der Waals surface area contributed by atoms with E-state index in [0.29, 0.717) is 56.2 Å². The summed E-state index contributed by atoms with van der Waals surface area (Å²) in [4.78, 5) is 28.3. The number of ether oxygens (including phenoxy) is 2. The number of aryl methyl sites for hydroxylation is 1. The fourth-order valence-electron chi connectivity index (χ4n) is 3.83. The van der Waals surface area contributed by atoms with Crippen LogP contribution in [0.1, 0.15) is 17.7 Å². The molecule has 1 aliphatic rings. The van der Waals surface area contributed by atoms with E-state index in [1.54, 1.807) is 26.9 Å². The van der Waals surface area contributed by atoms with Gasteiger partial charge >= 0.3 is 5.76 Å². The molecular formula is C24H22N2O5S. The second-order valence-corrected chi connectivity index (χ2v) is 8.51. The maximum absolute atomic E-state index is 13.3. The smallest absolute Gasteiger partial charge is 0.419 e. The first-order chi connectivity index (χ1) is 15.7. The number of carbonyl (C=O) groups is 1. The lowest BCUT2D eigenvalue weighted by atomic mass is 10.2. The predicted octanol–water partition coefficient (Wildman–Crippen LogP) is 4.44. The Morgan fingerprint density at radius 1 is 1.03 bits per heavy atom. The van der Waals surface area contributed by atoms with Gasteiger partial charge in [0.25, 0.3) is 0 Å².